The van der Waals surface area contributed by atoms with Crippen molar-refractivity contribution in [2.45, 2.75) is 33.6 Å². The highest BCUT2D eigenvalue weighted by atomic mass is 35.5. The van der Waals surface area contributed by atoms with E-state index in [0.29, 0.717) is 60.2 Å². The summed E-state index contributed by atoms with van der Waals surface area (Å²) in [6.07, 6.45) is 1.21. The van der Waals surface area contributed by atoms with Crippen molar-refractivity contribution in [2.24, 2.45) is 5.92 Å². The van der Waals surface area contributed by atoms with Crippen molar-refractivity contribution in [2.75, 3.05) is 19.7 Å². The third-order valence-corrected chi connectivity index (χ3v) is 5.97. The Bertz CT molecular complexity index is 1150. The summed E-state index contributed by atoms with van der Waals surface area (Å²) in [5.74, 6) is -0.388. The summed E-state index contributed by atoms with van der Waals surface area (Å²) in [4.78, 5) is 31.9. The minimum atomic E-state index is -0.173. The standard InChI is InChI=1S/C23H25ClN4O3/c1-4-31-23(30)16-9-11-27(12-10-16)22(29)17-13-14(2)25-21-20(17)15(3)26-28(21)19-8-6-5-7-18(19)24/h5-8,13,16H,4,9-12H2,1-3H3. The maximum atomic E-state index is 13.5. The first-order chi connectivity index (χ1) is 14.9. The largest absolute Gasteiger partial charge is 0.466 e. The monoisotopic (exact) mass is 440 g/mol. The van der Waals surface area contributed by atoms with Gasteiger partial charge in [0.25, 0.3) is 5.91 Å². The van der Waals surface area contributed by atoms with E-state index in [1.165, 1.54) is 0 Å². The molecule has 0 bridgehead atoms. The molecule has 0 unspecified atom stereocenters. The third kappa shape index (κ3) is 4.02. The molecule has 0 saturated carbocycles. The van der Waals surface area contributed by atoms with Gasteiger partial charge in [-0.2, -0.15) is 5.10 Å². The van der Waals surface area contributed by atoms with Crippen LogP contribution >= 0.6 is 11.6 Å². The molecule has 1 aromatic carbocycles. The Kier molecular flexibility index (Phi) is 5.96. The number of carbonyl (C=O) groups is 2. The molecular formula is C23H25ClN4O3. The van der Waals surface area contributed by atoms with E-state index < -0.39 is 0 Å². The first-order valence-electron chi connectivity index (χ1n) is 10.5. The normalized spacial score (nSPS) is 14.8. The second-order valence-corrected chi connectivity index (χ2v) is 8.18. The number of pyridine rings is 1. The van der Waals surface area contributed by atoms with E-state index >= 15 is 0 Å². The van der Waals surface area contributed by atoms with Crippen LogP contribution in [0.5, 0.6) is 0 Å². The van der Waals surface area contributed by atoms with Gasteiger partial charge in [-0.3, -0.25) is 9.59 Å². The minimum Gasteiger partial charge on any atom is -0.466 e. The fourth-order valence-electron chi connectivity index (χ4n) is 4.12. The number of fused-ring (bicyclic) bond motifs is 1. The summed E-state index contributed by atoms with van der Waals surface area (Å²) in [6, 6.07) is 9.24. The number of amides is 1. The molecule has 4 rings (SSSR count). The van der Waals surface area contributed by atoms with Crippen molar-refractivity contribution in [3.63, 3.8) is 0 Å². The number of esters is 1. The molecule has 0 spiro atoms. The molecule has 3 heterocycles. The van der Waals surface area contributed by atoms with E-state index in [1.807, 2.05) is 38.1 Å². The van der Waals surface area contributed by atoms with Crippen molar-refractivity contribution in [1.29, 1.82) is 0 Å². The van der Waals surface area contributed by atoms with Gasteiger partial charge in [0.15, 0.2) is 5.65 Å². The molecule has 1 saturated heterocycles. The molecule has 0 radical (unpaired) electrons. The molecule has 1 amide bonds. The molecule has 3 aromatic rings. The van der Waals surface area contributed by atoms with E-state index in [1.54, 1.807) is 22.6 Å². The number of para-hydroxylation sites is 1. The van der Waals surface area contributed by atoms with Crippen LogP contribution in [-0.4, -0.2) is 51.2 Å². The van der Waals surface area contributed by atoms with Gasteiger partial charge < -0.3 is 9.64 Å². The molecule has 162 valence electrons. The smallest absolute Gasteiger partial charge is 0.309 e. The molecule has 31 heavy (non-hydrogen) atoms. The molecule has 7 nitrogen and oxygen atoms in total. The fraction of sp³-hybridized carbons (Fsp3) is 0.391. The number of piperidine rings is 1. The second kappa shape index (κ2) is 8.67. The summed E-state index contributed by atoms with van der Waals surface area (Å²) in [6.45, 7) is 6.95. The average Bonchev–Trinajstić information content (AvgIpc) is 3.09. The Hall–Kier alpha value is -2.93. The van der Waals surface area contributed by atoms with Gasteiger partial charge in [-0.05, 0) is 51.8 Å². The van der Waals surface area contributed by atoms with Gasteiger partial charge >= 0.3 is 5.97 Å². The van der Waals surface area contributed by atoms with E-state index in [2.05, 4.69) is 10.1 Å². The van der Waals surface area contributed by atoms with Crippen LogP contribution < -0.4 is 0 Å². The first-order valence-corrected chi connectivity index (χ1v) is 10.9. The van der Waals surface area contributed by atoms with Crippen molar-refractivity contribution < 1.29 is 14.3 Å². The van der Waals surface area contributed by atoms with E-state index in [4.69, 9.17) is 16.3 Å². The highest BCUT2D eigenvalue weighted by molar-refractivity contribution is 6.32. The van der Waals surface area contributed by atoms with E-state index in [9.17, 15) is 9.59 Å². The Labute approximate surface area is 186 Å². The number of rotatable bonds is 4. The maximum absolute atomic E-state index is 13.5. The lowest BCUT2D eigenvalue weighted by Gasteiger charge is -2.31. The SMILES string of the molecule is CCOC(=O)C1CCN(C(=O)c2cc(C)nc3c2c(C)nn3-c2ccccc2Cl)CC1. The number of hydrogen-bond donors (Lipinski definition) is 0. The van der Waals surface area contributed by atoms with Gasteiger partial charge in [0.2, 0.25) is 0 Å². The molecule has 8 heteroatoms. The van der Waals surface area contributed by atoms with Gasteiger partial charge in [-0.25, -0.2) is 9.67 Å². The maximum Gasteiger partial charge on any atom is 0.309 e. The number of aryl methyl sites for hydroxylation is 2. The highest BCUT2D eigenvalue weighted by Gasteiger charge is 2.30. The number of carbonyl (C=O) groups excluding carboxylic acids is 2. The van der Waals surface area contributed by atoms with Crippen molar-refractivity contribution in [3.05, 3.63) is 52.3 Å². The summed E-state index contributed by atoms with van der Waals surface area (Å²) < 4.78 is 6.83. The Morgan fingerprint density at radius 3 is 2.58 bits per heavy atom. The molecule has 1 aliphatic rings. The minimum absolute atomic E-state index is 0.0698. The molecule has 1 aliphatic heterocycles. The van der Waals surface area contributed by atoms with E-state index in [0.717, 1.165) is 11.1 Å². The summed E-state index contributed by atoms with van der Waals surface area (Å²) in [7, 11) is 0. The number of likely N-dealkylation sites (tertiary alicyclic amines) is 1. The van der Waals surface area contributed by atoms with E-state index in [-0.39, 0.29) is 17.8 Å². The quantitative estimate of drug-likeness (QED) is 0.570. The predicted molar refractivity (Wildman–Crippen MR) is 119 cm³/mol. The van der Waals surface area contributed by atoms with Gasteiger partial charge in [0.05, 0.1) is 39.9 Å². The van der Waals surface area contributed by atoms with Crippen LogP contribution in [0.25, 0.3) is 16.7 Å². The van der Waals surface area contributed by atoms with Crippen LogP contribution in [0.3, 0.4) is 0 Å². The Morgan fingerprint density at radius 2 is 1.90 bits per heavy atom. The van der Waals surface area contributed by atoms with Gasteiger partial charge in [-0.15, -0.1) is 0 Å². The van der Waals surface area contributed by atoms with Crippen molar-refractivity contribution in [3.8, 4) is 5.69 Å². The zero-order valence-corrected chi connectivity index (χ0v) is 18.6. The zero-order chi connectivity index (χ0) is 22.1. The van der Waals surface area contributed by atoms with Crippen LogP contribution in [-0.2, 0) is 9.53 Å². The Balaban J connectivity index is 1.68. The summed E-state index contributed by atoms with van der Waals surface area (Å²) in [5, 5.41) is 5.93. The number of ether oxygens (including phenoxy) is 1. The number of nitrogens with zero attached hydrogens (tertiary/aromatic N) is 4. The van der Waals surface area contributed by atoms with Crippen molar-refractivity contribution in [1.82, 2.24) is 19.7 Å². The lowest BCUT2D eigenvalue weighted by molar-refractivity contribution is -0.149. The topological polar surface area (TPSA) is 77.3 Å². The van der Waals surface area contributed by atoms with Crippen LogP contribution in [0.4, 0.5) is 0 Å². The average molecular weight is 441 g/mol. The van der Waals surface area contributed by atoms with Crippen LogP contribution in [0.15, 0.2) is 30.3 Å². The Morgan fingerprint density at radius 1 is 1.19 bits per heavy atom. The number of hydrogen-bond acceptors (Lipinski definition) is 5. The molecule has 1 fully saturated rings. The molecule has 2 aromatic heterocycles. The zero-order valence-electron chi connectivity index (χ0n) is 17.9. The number of halogens is 1. The molecule has 0 atom stereocenters. The third-order valence-electron chi connectivity index (χ3n) is 5.65. The van der Waals surface area contributed by atoms with Gasteiger partial charge in [0, 0.05) is 18.8 Å². The number of benzene rings is 1. The van der Waals surface area contributed by atoms with Crippen LogP contribution in [0.2, 0.25) is 5.02 Å². The molecular weight excluding hydrogens is 416 g/mol. The number of aromatic nitrogens is 3. The van der Waals surface area contributed by atoms with Gasteiger partial charge in [-0.1, -0.05) is 23.7 Å². The second-order valence-electron chi connectivity index (χ2n) is 7.78. The van der Waals surface area contributed by atoms with Crippen LogP contribution in [0, 0.1) is 19.8 Å². The molecule has 0 aliphatic carbocycles. The predicted octanol–water partition coefficient (Wildman–Crippen LogP) is 4.11. The van der Waals surface area contributed by atoms with Crippen LogP contribution in [0.1, 0.15) is 41.5 Å². The summed E-state index contributed by atoms with van der Waals surface area (Å²) >= 11 is 6.39. The van der Waals surface area contributed by atoms with Gasteiger partial charge in [0.1, 0.15) is 0 Å². The molecule has 0 N–H and O–H groups in total. The fourth-order valence-corrected chi connectivity index (χ4v) is 4.34. The first kappa shape index (κ1) is 21.3. The summed E-state index contributed by atoms with van der Waals surface area (Å²) in [5.41, 5.74) is 3.34. The lowest BCUT2D eigenvalue weighted by atomic mass is 9.96. The highest BCUT2D eigenvalue weighted by Crippen LogP contribution is 2.29. The lowest BCUT2D eigenvalue weighted by Crippen LogP contribution is -2.40. The van der Waals surface area contributed by atoms with Crippen molar-refractivity contribution >= 4 is 34.5 Å².